The second-order valence-electron chi connectivity index (χ2n) is 8.73. The summed E-state index contributed by atoms with van der Waals surface area (Å²) in [6, 6.07) is 0.141. The molecular formula is C18H26N2O2S. The maximum atomic E-state index is 12.9. The third-order valence-electron chi connectivity index (χ3n) is 7.28. The topological polar surface area (TPSA) is 49.4 Å². The van der Waals surface area contributed by atoms with Crippen LogP contribution in [0.5, 0.6) is 0 Å². The van der Waals surface area contributed by atoms with Crippen LogP contribution in [0.25, 0.3) is 0 Å². The Labute approximate surface area is 142 Å². The average molecular weight is 334 g/mol. The molecule has 6 fully saturated rings. The number of rotatable bonds is 2. The number of carbonyl (C=O) groups is 2. The number of nitrogens with zero attached hydrogens (tertiary/aromatic N) is 1. The van der Waals surface area contributed by atoms with Gasteiger partial charge in [-0.15, -0.1) is 11.8 Å². The van der Waals surface area contributed by atoms with Crippen molar-refractivity contribution in [2.24, 2.45) is 23.7 Å². The fraction of sp³-hybridized carbons (Fsp3) is 0.889. The number of hydrogen-bond acceptors (Lipinski definition) is 3. The van der Waals surface area contributed by atoms with Crippen molar-refractivity contribution in [3.8, 4) is 0 Å². The van der Waals surface area contributed by atoms with Gasteiger partial charge in [-0.2, -0.15) is 0 Å². The van der Waals surface area contributed by atoms with Crippen LogP contribution >= 0.6 is 11.8 Å². The van der Waals surface area contributed by atoms with Crippen molar-refractivity contribution >= 4 is 23.6 Å². The van der Waals surface area contributed by atoms with E-state index in [9.17, 15) is 9.59 Å². The zero-order valence-corrected chi connectivity index (χ0v) is 14.6. The molecule has 0 aromatic heterocycles. The molecule has 4 bridgehead atoms. The van der Waals surface area contributed by atoms with Crippen molar-refractivity contribution in [2.75, 3.05) is 5.75 Å². The van der Waals surface area contributed by atoms with E-state index in [1.165, 1.54) is 32.1 Å². The fourth-order valence-electron chi connectivity index (χ4n) is 6.44. The van der Waals surface area contributed by atoms with Gasteiger partial charge in [0.15, 0.2) is 0 Å². The zero-order valence-electron chi connectivity index (χ0n) is 13.8. The molecule has 4 saturated carbocycles. The number of fused-ring (bicyclic) bond motifs is 1. The molecule has 4 nitrogen and oxygen atoms in total. The van der Waals surface area contributed by atoms with Crippen LogP contribution in [0.3, 0.4) is 0 Å². The smallest absolute Gasteiger partial charge is 0.243 e. The molecular weight excluding hydrogens is 308 g/mol. The second-order valence-corrected chi connectivity index (χ2v) is 10.2. The predicted molar refractivity (Wildman–Crippen MR) is 89.7 cm³/mol. The van der Waals surface area contributed by atoms with Crippen molar-refractivity contribution in [3.05, 3.63) is 0 Å². The van der Waals surface area contributed by atoms with Crippen LogP contribution < -0.4 is 5.32 Å². The third kappa shape index (κ3) is 2.11. The molecule has 4 aliphatic carbocycles. The standard InChI is InChI=1S/C18H26N2O2S/c1-18-3-2-15(21)20(18)14(9-23-18)17(22)19-16-12-5-10-4-11(7-12)8-13(16)6-10/h10-14,16H,2-9H2,1H3,(H,19,22)/t10?,11?,12?,13?,14-,16?,18+/m1/s1. The highest BCUT2D eigenvalue weighted by Crippen LogP contribution is 2.54. The van der Waals surface area contributed by atoms with Crippen molar-refractivity contribution in [1.82, 2.24) is 10.2 Å². The van der Waals surface area contributed by atoms with Crippen LogP contribution in [0, 0.1) is 23.7 Å². The SMILES string of the molecule is C[C@]12CCC(=O)N1[C@@H](C(=O)NC1C3CC4CC(C3)CC1C4)CS2. The summed E-state index contributed by atoms with van der Waals surface area (Å²) in [4.78, 5) is 27.0. The Kier molecular flexibility index (Phi) is 3.11. The lowest BCUT2D eigenvalue weighted by atomic mass is 9.54. The molecule has 2 atom stereocenters. The first-order chi connectivity index (χ1) is 11.0. The lowest BCUT2D eigenvalue weighted by Crippen LogP contribution is -2.59. The van der Waals surface area contributed by atoms with Crippen LogP contribution in [-0.4, -0.2) is 39.4 Å². The molecule has 6 aliphatic rings. The molecule has 0 aromatic carbocycles. The molecule has 0 radical (unpaired) electrons. The summed E-state index contributed by atoms with van der Waals surface area (Å²) in [5, 5.41) is 3.41. The zero-order chi connectivity index (χ0) is 15.8. The summed E-state index contributed by atoms with van der Waals surface area (Å²) in [7, 11) is 0. The predicted octanol–water partition coefficient (Wildman–Crippen LogP) is 2.38. The number of thioether (sulfide) groups is 1. The van der Waals surface area contributed by atoms with Crippen molar-refractivity contribution in [3.63, 3.8) is 0 Å². The molecule has 0 unspecified atom stereocenters. The lowest BCUT2D eigenvalue weighted by molar-refractivity contribution is -0.139. The maximum Gasteiger partial charge on any atom is 0.243 e. The Morgan fingerprint density at radius 2 is 1.83 bits per heavy atom. The van der Waals surface area contributed by atoms with E-state index >= 15 is 0 Å². The van der Waals surface area contributed by atoms with Gasteiger partial charge in [0.1, 0.15) is 6.04 Å². The molecule has 6 rings (SSSR count). The highest BCUT2D eigenvalue weighted by molar-refractivity contribution is 8.01. The van der Waals surface area contributed by atoms with Crippen molar-refractivity contribution in [1.29, 1.82) is 0 Å². The normalized spacial score (nSPS) is 50.5. The van der Waals surface area contributed by atoms with E-state index < -0.39 is 0 Å². The Bertz CT molecular complexity index is 537. The van der Waals surface area contributed by atoms with E-state index in [0.717, 1.165) is 24.0 Å². The summed E-state index contributed by atoms with van der Waals surface area (Å²) in [5.74, 6) is 4.31. The Balaban J connectivity index is 1.32. The molecule has 2 heterocycles. The Morgan fingerprint density at radius 1 is 1.17 bits per heavy atom. The van der Waals surface area contributed by atoms with Gasteiger partial charge >= 0.3 is 0 Å². The maximum absolute atomic E-state index is 12.9. The quantitative estimate of drug-likeness (QED) is 0.843. The molecule has 2 aliphatic heterocycles. The minimum absolute atomic E-state index is 0.119. The molecule has 2 saturated heterocycles. The van der Waals surface area contributed by atoms with E-state index in [0.29, 0.717) is 24.3 Å². The highest BCUT2D eigenvalue weighted by Gasteiger charge is 2.54. The van der Waals surface area contributed by atoms with Crippen LogP contribution in [0.15, 0.2) is 0 Å². The Hall–Kier alpha value is -0.710. The molecule has 126 valence electrons. The van der Waals surface area contributed by atoms with Gasteiger partial charge in [-0.25, -0.2) is 0 Å². The summed E-state index contributed by atoms with van der Waals surface area (Å²) in [5.41, 5.74) is 0. The van der Waals surface area contributed by atoms with E-state index in [-0.39, 0.29) is 22.7 Å². The van der Waals surface area contributed by atoms with E-state index in [1.54, 1.807) is 11.8 Å². The summed E-state index contributed by atoms with van der Waals surface area (Å²) < 4.78 is 0. The molecule has 1 N–H and O–H groups in total. The molecule has 2 amide bonds. The van der Waals surface area contributed by atoms with Gasteiger partial charge in [0.2, 0.25) is 11.8 Å². The number of carbonyl (C=O) groups excluding carboxylic acids is 2. The minimum atomic E-state index is -0.239. The van der Waals surface area contributed by atoms with Crippen molar-refractivity contribution < 1.29 is 9.59 Å². The second kappa shape index (κ2) is 4.90. The van der Waals surface area contributed by atoms with Crippen molar-refractivity contribution in [2.45, 2.75) is 68.8 Å². The lowest BCUT2D eigenvalue weighted by Gasteiger charge is -2.54. The fourth-order valence-corrected chi connectivity index (χ4v) is 7.87. The first kappa shape index (κ1) is 14.6. The summed E-state index contributed by atoms with van der Waals surface area (Å²) in [6.07, 6.45) is 8.20. The van der Waals surface area contributed by atoms with Gasteiger partial charge < -0.3 is 10.2 Å². The van der Waals surface area contributed by atoms with E-state index in [4.69, 9.17) is 0 Å². The van der Waals surface area contributed by atoms with E-state index in [2.05, 4.69) is 12.2 Å². The van der Waals surface area contributed by atoms with Crippen LogP contribution in [-0.2, 0) is 9.59 Å². The Morgan fingerprint density at radius 3 is 2.48 bits per heavy atom. The molecule has 0 spiro atoms. The van der Waals surface area contributed by atoms with E-state index in [1.807, 2.05) is 4.90 Å². The minimum Gasteiger partial charge on any atom is -0.351 e. The van der Waals surface area contributed by atoms with Gasteiger partial charge in [0.05, 0.1) is 4.87 Å². The number of hydrogen-bond donors (Lipinski definition) is 1. The van der Waals surface area contributed by atoms with Gasteiger partial charge in [-0.3, -0.25) is 9.59 Å². The summed E-state index contributed by atoms with van der Waals surface area (Å²) >= 11 is 1.79. The van der Waals surface area contributed by atoms with Gasteiger partial charge in [0.25, 0.3) is 0 Å². The van der Waals surface area contributed by atoms with Crippen LogP contribution in [0.4, 0.5) is 0 Å². The third-order valence-corrected chi connectivity index (χ3v) is 8.79. The summed E-state index contributed by atoms with van der Waals surface area (Å²) in [6.45, 7) is 2.12. The largest absolute Gasteiger partial charge is 0.351 e. The monoisotopic (exact) mass is 334 g/mol. The first-order valence-electron chi connectivity index (χ1n) is 9.30. The van der Waals surface area contributed by atoms with Gasteiger partial charge in [-0.05, 0) is 69.1 Å². The van der Waals surface area contributed by atoms with Crippen LogP contribution in [0.1, 0.15) is 51.9 Å². The molecule has 5 heteroatoms. The highest BCUT2D eigenvalue weighted by atomic mass is 32.2. The number of amides is 2. The molecule has 23 heavy (non-hydrogen) atoms. The average Bonchev–Trinajstić information content (AvgIpc) is 2.99. The molecule has 0 aromatic rings. The first-order valence-corrected chi connectivity index (χ1v) is 10.3. The number of nitrogens with one attached hydrogen (secondary N) is 1. The van der Waals surface area contributed by atoms with Crippen LogP contribution in [0.2, 0.25) is 0 Å². The van der Waals surface area contributed by atoms with Gasteiger partial charge in [-0.1, -0.05) is 0 Å². The van der Waals surface area contributed by atoms with Gasteiger partial charge in [0, 0.05) is 18.2 Å².